The predicted molar refractivity (Wildman–Crippen MR) is 81.7 cm³/mol. The van der Waals surface area contributed by atoms with Gasteiger partial charge in [0.15, 0.2) is 0 Å². The zero-order chi connectivity index (χ0) is 13.3. The molecule has 1 aromatic carbocycles. The smallest absolute Gasteiger partial charge is 0.266 e. The van der Waals surface area contributed by atoms with Gasteiger partial charge in [0.05, 0.1) is 4.91 Å². The van der Waals surface area contributed by atoms with Crippen molar-refractivity contribution < 1.29 is 4.79 Å². The molecular weight excluding hydrogens is 286 g/mol. The second-order valence-corrected chi connectivity index (χ2v) is 6.10. The first-order chi connectivity index (χ1) is 8.51. The molecule has 1 saturated heterocycles. The molecule has 1 heterocycles. The normalized spacial score (nSPS) is 17.9. The minimum absolute atomic E-state index is 0.0230. The molecule has 0 bridgehead atoms. The molecule has 94 valence electrons. The van der Waals surface area contributed by atoms with E-state index < -0.39 is 0 Å². The minimum Gasteiger partial charge on any atom is -0.293 e. The Balaban J connectivity index is 2.34. The maximum absolute atomic E-state index is 12.0. The summed E-state index contributed by atoms with van der Waals surface area (Å²) < 4.78 is 0.618. The molecule has 0 N–H and O–H groups in total. The van der Waals surface area contributed by atoms with Gasteiger partial charge < -0.3 is 0 Å². The first-order valence-electron chi connectivity index (χ1n) is 5.54. The number of nitrogens with zero attached hydrogens (tertiary/aromatic N) is 1. The number of thioether (sulfide) groups is 1. The van der Waals surface area contributed by atoms with Gasteiger partial charge in [0.1, 0.15) is 4.32 Å². The molecule has 0 radical (unpaired) electrons. The van der Waals surface area contributed by atoms with Crippen molar-refractivity contribution in [1.82, 2.24) is 4.90 Å². The summed E-state index contributed by atoms with van der Waals surface area (Å²) in [4.78, 5) is 14.3. The van der Waals surface area contributed by atoms with Crippen molar-refractivity contribution in [3.8, 4) is 0 Å². The van der Waals surface area contributed by atoms with Gasteiger partial charge in [-0.2, -0.15) is 0 Å². The fraction of sp³-hybridized carbons (Fsp3) is 0.231. The lowest BCUT2D eigenvalue weighted by atomic mass is 10.1. The third-order valence-electron chi connectivity index (χ3n) is 2.55. The lowest BCUT2D eigenvalue weighted by Crippen LogP contribution is -2.27. The Labute approximate surface area is 121 Å². The van der Waals surface area contributed by atoms with Crippen LogP contribution in [0.3, 0.4) is 0 Å². The molecular formula is C13H12ClNOS2. The molecule has 0 aliphatic carbocycles. The Morgan fingerprint density at radius 2 is 2.17 bits per heavy atom. The molecule has 1 aliphatic heterocycles. The molecule has 1 aliphatic rings. The number of likely N-dealkylation sites (N-methyl/N-ethyl adjacent to an activating group) is 1. The summed E-state index contributed by atoms with van der Waals surface area (Å²) in [5.74, 6) is -0.0230. The first kappa shape index (κ1) is 13.6. The second-order valence-electron chi connectivity index (χ2n) is 3.99. The van der Waals surface area contributed by atoms with Gasteiger partial charge in [0, 0.05) is 11.6 Å². The van der Waals surface area contributed by atoms with E-state index in [9.17, 15) is 4.79 Å². The average molecular weight is 298 g/mol. The molecule has 1 fully saturated rings. The van der Waals surface area contributed by atoms with Crippen molar-refractivity contribution in [2.24, 2.45) is 0 Å². The van der Waals surface area contributed by atoms with Crippen LogP contribution in [0.1, 0.15) is 18.1 Å². The highest BCUT2D eigenvalue weighted by atomic mass is 35.5. The predicted octanol–water partition coefficient (Wildman–Crippen LogP) is 3.87. The van der Waals surface area contributed by atoms with Crippen LogP contribution in [0.4, 0.5) is 0 Å². The van der Waals surface area contributed by atoms with Crippen molar-refractivity contribution in [2.75, 3.05) is 6.54 Å². The van der Waals surface area contributed by atoms with Crippen LogP contribution < -0.4 is 0 Å². The van der Waals surface area contributed by atoms with Crippen LogP contribution in [0.15, 0.2) is 23.1 Å². The van der Waals surface area contributed by atoms with Crippen molar-refractivity contribution in [3.05, 3.63) is 39.3 Å². The van der Waals surface area contributed by atoms with Crippen molar-refractivity contribution in [3.63, 3.8) is 0 Å². The fourth-order valence-electron chi connectivity index (χ4n) is 1.77. The monoisotopic (exact) mass is 297 g/mol. The molecule has 0 unspecified atom stereocenters. The van der Waals surface area contributed by atoms with E-state index in [0.29, 0.717) is 20.8 Å². The van der Waals surface area contributed by atoms with Gasteiger partial charge in [-0.15, -0.1) is 0 Å². The number of carbonyl (C=O) groups is 1. The minimum atomic E-state index is -0.0230. The average Bonchev–Trinajstić information content (AvgIpc) is 2.52. The van der Waals surface area contributed by atoms with Crippen LogP contribution >= 0.6 is 35.6 Å². The molecule has 1 aromatic rings. The number of carbonyl (C=O) groups excluding carboxylic acids is 1. The van der Waals surface area contributed by atoms with Gasteiger partial charge in [-0.3, -0.25) is 9.69 Å². The highest BCUT2D eigenvalue weighted by molar-refractivity contribution is 8.26. The van der Waals surface area contributed by atoms with Gasteiger partial charge in [0.25, 0.3) is 5.91 Å². The number of hydrogen-bond donors (Lipinski definition) is 0. The summed E-state index contributed by atoms with van der Waals surface area (Å²) in [5.41, 5.74) is 2.00. The fourth-order valence-corrected chi connectivity index (χ4v) is 3.45. The van der Waals surface area contributed by atoms with Crippen molar-refractivity contribution in [1.29, 1.82) is 0 Å². The van der Waals surface area contributed by atoms with Crippen LogP contribution in [0.5, 0.6) is 0 Å². The molecule has 1 amide bonds. The third kappa shape index (κ3) is 2.76. The maximum Gasteiger partial charge on any atom is 0.266 e. The van der Waals surface area contributed by atoms with E-state index in [1.165, 1.54) is 11.8 Å². The van der Waals surface area contributed by atoms with Crippen LogP contribution in [-0.2, 0) is 4.79 Å². The quantitative estimate of drug-likeness (QED) is 0.610. The molecule has 0 saturated carbocycles. The topological polar surface area (TPSA) is 20.3 Å². The van der Waals surface area contributed by atoms with Crippen LogP contribution in [0.2, 0.25) is 5.02 Å². The summed E-state index contributed by atoms with van der Waals surface area (Å²) in [5, 5.41) is 0.673. The van der Waals surface area contributed by atoms with E-state index in [0.717, 1.165) is 11.1 Å². The van der Waals surface area contributed by atoms with E-state index in [1.807, 2.05) is 38.1 Å². The van der Waals surface area contributed by atoms with Crippen LogP contribution in [-0.4, -0.2) is 21.7 Å². The Bertz CT molecular complexity index is 534. The number of benzene rings is 1. The Morgan fingerprint density at radius 1 is 1.44 bits per heavy atom. The summed E-state index contributed by atoms with van der Waals surface area (Å²) >= 11 is 12.5. The van der Waals surface area contributed by atoms with Gasteiger partial charge in [-0.05, 0) is 43.2 Å². The van der Waals surface area contributed by atoms with Gasteiger partial charge >= 0.3 is 0 Å². The van der Waals surface area contributed by atoms with Crippen molar-refractivity contribution in [2.45, 2.75) is 13.8 Å². The lowest BCUT2D eigenvalue weighted by molar-refractivity contribution is -0.121. The Hall–Kier alpha value is -0.840. The largest absolute Gasteiger partial charge is 0.293 e. The Kier molecular flexibility index (Phi) is 4.10. The first-order valence-corrected chi connectivity index (χ1v) is 7.14. The standard InChI is InChI=1S/C13H12ClNOS2/c1-3-15-12(16)11(18-13(15)17)7-9-4-8(2)5-10(14)6-9/h4-7H,3H2,1-2H3/b11-7-. The number of rotatable bonds is 2. The molecule has 18 heavy (non-hydrogen) atoms. The van der Waals surface area contributed by atoms with E-state index in [2.05, 4.69) is 0 Å². The highest BCUT2D eigenvalue weighted by Gasteiger charge is 2.30. The molecule has 0 spiro atoms. The number of aryl methyl sites for hydroxylation is 1. The summed E-state index contributed by atoms with van der Waals surface area (Å²) in [7, 11) is 0. The van der Waals surface area contributed by atoms with Crippen LogP contribution in [0.25, 0.3) is 6.08 Å². The second kappa shape index (κ2) is 5.43. The zero-order valence-corrected chi connectivity index (χ0v) is 12.5. The lowest BCUT2D eigenvalue weighted by Gasteiger charge is -2.09. The number of hydrogen-bond acceptors (Lipinski definition) is 3. The third-order valence-corrected chi connectivity index (χ3v) is 4.15. The summed E-state index contributed by atoms with van der Waals surface area (Å²) in [6, 6.07) is 5.72. The van der Waals surface area contributed by atoms with E-state index in [-0.39, 0.29) is 5.91 Å². The molecule has 2 rings (SSSR count). The van der Waals surface area contributed by atoms with Gasteiger partial charge in [-0.25, -0.2) is 0 Å². The van der Waals surface area contributed by atoms with E-state index >= 15 is 0 Å². The Morgan fingerprint density at radius 3 is 2.72 bits per heavy atom. The SMILES string of the molecule is CCN1C(=O)/C(=C/c2cc(C)cc(Cl)c2)SC1=S. The maximum atomic E-state index is 12.0. The van der Waals surface area contributed by atoms with Gasteiger partial charge in [0.2, 0.25) is 0 Å². The van der Waals surface area contributed by atoms with E-state index in [1.54, 1.807) is 4.90 Å². The summed E-state index contributed by atoms with van der Waals surface area (Å²) in [6.45, 7) is 4.49. The molecule has 0 aromatic heterocycles. The highest BCUT2D eigenvalue weighted by Crippen LogP contribution is 2.32. The number of thiocarbonyl (C=S) groups is 1. The van der Waals surface area contributed by atoms with Crippen LogP contribution in [0, 0.1) is 6.92 Å². The molecule has 2 nitrogen and oxygen atoms in total. The molecule has 5 heteroatoms. The van der Waals surface area contributed by atoms with E-state index in [4.69, 9.17) is 23.8 Å². The number of amides is 1. The summed E-state index contributed by atoms with van der Waals surface area (Å²) in [6.07, 6.45) is 1.84. The van der Waals surface area contributed by atoms with Gasteiger partial charge in [-0.1, -0.05) is 41.6 Å². The molecule has 0 atom stereocenters. The van der Waals surface area contributed by atoms with Crippen molar-refractivity contribution >= 4 is 51.9 Å². The number of halogens is 1. The zero-order valence-electron chi connectivity index (χ0n) is 10.1.